The molecule has 3 nitrogen and oxygen atoms in total. The lowest BCUT2D eigenvalue weighted by molar-refractivity contribution is -0.142. The lowest BCUT2D eigenvalue weighted by atomic mass is 9.87. The standard InChI is InChI=1S/C10H9BrO3S/c1-14-9(13)10(11)4-2-7-6(8(10)12)3-5-15-7/h3,5H,2,4H2,1H3. The zero-order valence-corrected chi connectivity index (χ0v) is 10.5. The molecule has 5 heteroatoms. The van der Waals surface area contributed by atoms with Crippen molar-refractivity contribution < 1.29 is 14.3 Å². The first kappa shape index (κ1) is 10.8. The van der Waals surface area contributed by atoms with Gasteiger partial charge in [-0.25, -0.2) is 0 Å². The molecule has 1 unspecified atom stereocenters. The van der Waals surface area contributed by atoms with Crippen LogP contribution in [0.1, 0.15) is 21.7 Å². The third kappa shape index (κ3) is 1.54. The first-order valence-electron chi connectivity index (χ1n) is 4.48. The highest BCUT2D eigenvalue weighted by Gasteiger charge is 2.48. The number of hydrogen-bond acceptors (Lipinski definition) is 4. The molecule has 0 bridgehead atoms. The highest BCUT2D eigenvalue weighted by molar-refractivity contribution is 9.10. The van der Waals surface area contributed by atoms with Crippen LogP contribution in [0.4, 0.5) is 0 Å². The van der Waals surface area contributed by atoms with Crippen molar-refractivity contribution in [1.29, 1.82) is 0 Å². The van der Waals surface area contributed by atoms with Gasteiger partial charge in [0, 0.05) is 10.4 Å². The van der Waals surface area contributed by atoms with Crippen molar-refractivity contribution in [2.24, 2.45) is 0 Å². The van der Waals surface area contributed by atoms with E-state index in [-0.39, 0.29) is 5.78 Å². The van der Waals surface area contributed by atoms with Crippen LogP contribution in [0, 0.1) is 0 Å². The normalized spacial score (nSPS) is 24.8. The summed E-state index contributed by atoms with van der Waals surface area (Å²) in [6, 6.07) is 1.76. The van der Waals surface area contributed by atoms with Gasteiger partial charge in [0.2, 0.25) is 0 Å². The molecule has 2 rings (SSSR count). The molecule has 1 aromatic heterocycles. The number of ether oxygens (including phenoxy) is 1. The maximum absolute atomic E-state index is 12.1. The second-order valence-electron chi connectivity index (χ2n) is 3.38. The van der Waals surface area contributed by atoms with Gasteiger partial charge in [0.25, 0.3) is 0 Å². The number of carbonyl (C=O) groups excluding carboxylic acids is 2. The molecule has 0 aromatic carbocycles. The summed E-state index contributed by atoms with van der Waals surface area (Å²) in [7, 11) is 1.29. The Morgan fingerprint density at radius 1 is 1.67 bits per heavy atom. The van der Waals surface area contributed by atoms with Crippen LogP contribution < -0.4 is 0 Å². The van der Waals surface area contributed by atoms with Crippen LogP contribution in [-0.4, -0.2) is 23.2 Å². The fraction of sp³-hybridized carbons (Fsp3) is 0.400. The van der Waals surface area contributed by atoms with Gasteiger partial charge in [0.05, 0.1) is 7.11 Å². The van der Waals surface area contributed by atoms with Gasteiger partial charge < -0.3 is 4.74 Å². The summed E-state index contributed by atoms with van der Waals surface area (Å²) in [5.74, 6) is -0.693. The van der Waals surface area contributed by atoms with Gasteiger partial charge in [-0.15, -0.1) is 11.3 Å². The van der Waals surface area contributed by atoms with E-state index in [4.69, 9.17) is 0 Å². The lowest BCUT2D eigenvalue weighted by Crippen LogP contribution is -2.44. The number of alkyl halides is 1. The number of aryl methyl sites for hydroxylation is 1. The second kappa shape index (κ2) is 3.72. The first-order valence-corrected chi connectivity index (χ1v) is 6.15. The molecule has 1 atom stereocenters. The largest absolute Gasteiger partial charge is 0.468 e. The van der Waals surface area contributed by atoms with E-state index in [1.165, 1.54) is 7.11 Å². The van der Waals surface area contributed by atoms with Crippen molar-refractivity contribution in [3.8, 4) is 0 Å². The highest BCUT2D eigenvalue weighted by atomic mass is 79.9. The van der Waals surface area contributed by atoms with Crippen molar-refractivity contribution in [1.82, 2.24) is 0 Å². The number of hydrogen-bond donors (Lipinski definition) is 0. The quantitative estimate of drug-likeness (QED) is 0.452. The zero-order valence-electron chi connectivity index (χ0n) is 8.08. The summed E-state index contributed by atoms with van der Waals surface area (Å²) < 4.78 is 3.48. The minimum absolute atomic E-state index is 0.183. The Bertz CT molecular complexity index is 426. The summed E-state index contributed by atoms with van der Waals surface area (Å²) >= 11 is 4.78. The van der Waals surface area contributed by atoms with Gasteiger partial charge in [-0.1, -0.05) is 15.9 Å². The summed E-state index contributed by atoms with van der Waals surface area (Å²) in [6.45, 7) is 0. The Balaban J connectivity index is 2.42. The monoisotopic (exact) mass is 288 g/mol. The van der Waals surface area contributed by atoms with E-state index in [2.05, 4.69) is 20.7 Å². The predicted molar refractivity (Wildman–Crippen MR) is 60.6 cm³/mol. The molecule has 80 valence electrons. The smallest absolute Gasteiger partial charge is 0.330 e. The Kier molecular flexibility index (Phi) is 2.68. The maximum Gasteiger partial charge on any atom is 0.330 e. The van der Waals surface area contributed by atoms with Crippen molar-refractivity contribution in [3.63, 3.8) is 0 Å². The van der Waals surface area contributed by atoms with Gasteiger partial charge in [-0.2, -0.15) is 0 Å². The Hall–Kier alpha value is -0.680. The second-order valence-corrected chi connectivity index (χ2v) is 5.73. The minimum Gasteiger partial charge on any atom is -0.468 e. The topological polar surface area (TPSA) is 43.4 Å². The lowest BCUT2D eigenvalue weighted by Gasteiger charge is -2.26. The summed E-state index contributed by atoms with van der Waals surface area (Å²) in [5, 5.41) is 1.87. The minimum atomic E-state index is -1.17. The SMILES string of the molecule is COC(=O)C1(Br)CCc2sccc2C1=O. The molecule has 1 aliphatic carbocycles. The molecule has 1 heterocycles. The maximum atomic E-state index is 12.1. The number of carbonyl (C=O) groups is 2. The van der Waals surface area contributed by atoms with Crippen molar-refractivity contribution >= 4 is 39.0 Å². The number of methoxy groups -OCH3 is 1. The van der Waals surface area contributed by atoms with Crippen LogP contribution in [0.25, 0.3) is 0 Å². The number of esters is 1. The molecule has 1 aromatic rings. The Morgan fingerprint density at radius 2 is 2.40 bits per heavy atom. The number of fused-ring (bicyclic) bond motifs is 1. The van der Waals surface area contributed by atoms with E-state index in [1.807, 2.05) is 5.38 Å². The molecular weight excluding hydrogens is 280 g/mol. The van der Waals surface area contributed by atoms with E-state index in [9.17, 15) is 9.59 Å². The molecular formula is C10H9BrO3S. The highest BCUT2D eigenvalue weighted by Crippen LogP contribution is 2.38. The number of halogens is 1. The number of thiophene rings is 1. The van der Waals surface area contributed by atoms with Crippen molar-refractivity contribution in [2.75, 3.05) is 7.11 Å². The third-order valence-corrected chi connectivity index (χ3v) is 4.62. The van der Waals surface area contributed by atoms with E-state index in [0.717, 1.165) is 11.3 Å². The third-order valence-electron chi connectivity index (χ3n) is 2.56. The van der Waals surface area contributed by atoms with Crippen LogP contribution in [0.3, 0.4) is 0 Å². The van der Waals surface area contributed by atoms with Crippen LogP contribution in [0.15, 0.2) is 11.4 Å². The molecule has 0 fully saturated rings. The average molecular weight is 289 g/mol. The van der Waals surface area contributed by atoms with Crippen LogP contribution >= 0.6 is 27.3 Å². The predicted octanol–water partition coefficient (Wildman–Crippen LogP) is 2.18. The van der Waals surface area contributed by atoms with E-state index < -0.39 is 10.3 Å². The zero-order chi connectivity index (χ0) is 11.1. The fourth-order valence-corrected chi connectivity index (χ4v) is 3.16. The summed E-state index contributed by atoms with van der Waals surface area (Å²) in [4.78, 5) is 24.7. The van der Waals surface area contributed by atoms with Gasteiger partial charge in [0.15, 0.2) is 10.1 Å². The molecule has 0 saturated heterocycles. The Morgan fingerprint density at radius 3 is 3.07 bits per heavy atom. The van der Waals surface area contributed by atoms with Gasteiger partial charge in [0.1, 0.15) is 0 Å². The van der Waals surface area contributed by atoms with Crippen LogP contribution in [-0.2, 0) is 16.0 Å². The first-order chi connectivity index (χ1) is 7.09. The van der Waals surface area contributed by atoms with E-state index in [0.29, 0.717) is 12.0 Å². The van der Waals surface area contributed by atoms with Crippen molar-refractivity contribution in [3.05, 3.63) is 21.9 Å². The van der Waals surface area contributed by atoms with Gasteiger partial charge >= 0.3 is 5.97 Å². The number of Topliss-reactive ketones (excluding diaryl/α,β-unsaturated/α-hetero) is 1. The average Bonchev–Trinajstić information content (AvgIpc) is 2.71. The van der Waals surface area contributed by atoms with E-state index in [1.54, 1.807) is 17.4 Å². The molecule has 15 heavy (non-hydrogen) atoms. The Labute approximate surface area is 99.6 Å². The molecule has 0 radical (unpaired) electrons. The van der Waals surface area contributed by atoms with Crippen molar-refractivity contribution in [2.45, 2.75) is 17.2 Å². The summed E-state index contributed by atoms with van der Waals surface area (Å²) in [6.07, 6.45) is 1.20. The van der Waals surface area contributed by atoms with Crippen LogP contribution in [0.5, 0.6) is 0 Å². The molecule has 1 aliphatic rings. The number of rotatable bonds is 1. The van der Waals surface area contributed by atoms with Crippen LogP contribution in [0.2, 0.25) is 0 Å². The van der Waals surface area contributed by atoms with E-state index >= 15 is 0 Å². The van der Waals surface area contributed by atoms with Gasteiger partial charge in [-0.3, -0.25) is 9.59 Å². The summed E-state index contributed by atoms with van der Waals surface area (Å²) in [5.41, 5.74) is 0.647. The molecule has 0 N–H and O–H groups in total. The molecule has 0 aliphatic heterocycles. The molecule has 0 amide bonds. The molecule has 0 saturated carbocycles. The van der Waals surface area contributed by atoms with Gasteiger partial charge in [-0.05, 0) is 24.3 Å². The number of ketones is 1. The molecule has 0 spiro atoms. The fourth-order valence-electron chi connectivity index (χ4n) is 1.71.